The van der Waals surface area contributed by atoms with Gasteiger partial charge in [-0.1, -0.05) is 31.4 Å². The Bertz CT molecular complexity index is 608. The van der Waals surface area contributed by atoms with E-state index in [1.54, 1.807) is 18.2 Å². The van der Waals surface area contributed by atoms with E-state index >= 15 is 0 Å². The van der Waals surface area contributed by atoms with E-state index in [9.17, 15) is 9.18 Å². The van der Waals surface area contributed by atoms with E-state index < -0.39 is 5.82 Å². The van der Waals surface area contributed by atoms with Crippen LogP contribution in [0.2, 0.25) is 0 Å². The molecular weight excluding hydrogens is 313 g/mol. The first-order chi connectivity index (χ1) is 11.1. The largest absolute Gasteiger partial charge is 0.315 e. The number of hydrogen-bond acceptors (Lipinski definition) is 3. The lowest BCUT2D eigenvalue weighted by atomic mass is 9.89. The molecule has 1 aromatic rings. The highest BCUT2D eigenvalue weighted by Crippen LogP contribution is 2.24. The van der Waals surface area contributed by atoms with Gasteiger partial charge in [0.05, 0.1) is 18.2 Å². The molecule has 1 N–H and O–H groups in total. The third-order valence-electron chi connectivity index (χ3n) is 4.04. The zero-order chi connectivity index (χ0) is 16.7. The number of halogens is 1. The lowest BCUT2D eigenvalue weighted by molar-refractivity contribution is -0.124. The molecule has 0 radical (unpaired) electrons. The molecule has 0 bridgehead atoms. The molecule has 0 atom stereocenters. The van der Waals surface area contributed by atoms with Crippen LogP contribution < -0.4 is 10.2 Å². The number of amides is 1. The molecular formula is C17H20FN3OS. The van der Waals surface area contributed by atoms with Gasteiger partial charge < -0.3 is 10.2 Å². The Kier molecular flexibility index (Phi) is 6.48. The van der Waals surface area contributed by atoms with Crippen molar-refractivity contribution >= 4 is 28.9 Å². The molecule has 1 fully saturated rings. The van der Waals surface area contributed by atoms with Gasteiger partial charge in [-0.15, -0.1) is 0 Å². The lowest BCUT2D eigenvalue weighted by Crippen LogP contribution is -2.46. The van der Waals surface area contributed by atoms with E-state index in [0.717, 1.165) is 32.1 Å². The number of nitriles is 1. The summed E-state index contributed by atoms with van der Waals surface area (Å²) in [6.07, 6.45) is 5.19. The fraction of sp³-hybridized carbons (Fsp3) is 0.471. The first-order valence-electron chi connectivity index (χ1n) is 7.87. The molecule has 1 saturated carbocycles. The standard InChI is InChI=1S/C17H20FN3OS/c18-14-9-4-5-10-15(14)21(12-6-11-19)17(23)20-16(22)13-7-2-1-3-8-13/h4-5,9-10,13H,1-3,6-8,12H2,(H,20,22,23). The highest BCUT2D eigenvalue weighted by atomic mass is 32.1. The van der Waals surface area contributed by atoms with Crippen LogP contribution in [0.3, 0.4) is 0 Å². The minimum Gasteiger partial charge on any atom is -0.315 e. The summed E-state index contributed by atoms with van der Waals surface area (Å²) >= 11 is 5.29. The lowest BCUT2D eigenvalue weighted by Gasteiger charge is -2.27. The Morgan fingerprint density at radius 1 is 1.35 bits per heavy atom. The number of anilines is 1. The summed E-state index contributed by atoms with van der Waals surface area (Å²) in [5.74, 6) is -0.562. The summed E-state index contributed by atoms with van der Waals surface area (Å²) in [7, 11) is 0. The second-order valence-corrected chi connectivity index (χ2v) is 6.03. The number of thiocarbonyl (C=S) groups is 1. The fourth-order valence-electron chi connectivity index (χ4n) is 2.80. The molecule has 0 aromatic heterocycles. The van der Waals surface area contributed by atoms with Crippen molar-refractivity contribution in [3.63, 3.8) is 0 Å². The predicted molar refractivity (Wildman–Crippen MR) is 91.3 cm³/mol. The van der Waals surface area contributed by atoms with Crippen molar-refractivity contribution in [2.45, 2.75) is 38.5 Å². The number of carbonyl (C=O) groups excluding carboxylic acids is 1. The van der Waals surface area contributed by atoms with Gasteiger partial charge in [-0.2, -0.15) is 5.26 Å². The van der Waals surface area contributed by atoms with Gasteiger partial charge in [-0.05, 0) is 37.2 Å². The summed E-state index contributed by atoms with van der Waals surface area (Å²) in [5.41, 5.74) is 0.275. The van der Waals surface area contributed by atoms with E-state index in [-0.39, 0.29) is 35.6 Å². The van der Waals surface area contributed by atoms with Crippen molar-refractivity contribution in [1.29, 1.82) is 5.26 Å². The maximum atomic E-state index is 14.0. The van der Waals surface area contributed by atoms with E-state index in [1.807, 2.05) is 6.07 Å². The van der Waals surface area contributed by atoms with Gasteiger partial charge in [0.25, 0.3) is 0 Å². The minimum absolute atomic E-state index is 0.0277. The molecule has 122 valence electrons. The van der Waals surface area contributed by atoms with Crippen LogP contribution in [0, 0.1) is 23.1 Å². The summed E-state index contributed by atoms with van der Waals surface area (Å²) < 4.78 is 14.0. The second-order valence-electron chi connectivity index (χ2n) is 5.64. The van der Waals surface area contributed by atoms with Gasteiger partial charge in [-0.25, -0.2) is 4.39 Å². The molecule has 0 saturated heterocycles. The van der Waals surface area contributed by atoms with Crippen LogP contribution in [-0.4, -0.2) is 17.6 Å². The number of para-hydroxylation sites is 1. The molecule has 1 amide bonds. The molecule has 6 heteroatoms. The first-order valence-corrected chi connectivity index (χ1v) is 8.28. The third-order valence-corrected chi connectivity index (χ3v) is 4.36. The highest BCUT2D eigenvalue weighted by molar-refractivity contribution is 7.80. The van der Waals surface area contributed by atoms with Gasteiger partial charge in [0, 0.05) is 12.5 Å². The molecule has 0 spiro atoms. The van der Waals surface area contributed by atoms with Crippen molar-refractivity contribution in [3.8, 4) is 6.07 Å². The normalized spacial score (nSPS) is 14.8. The number of benzene rings is 1. The SMILES string of the molecule is N#CCCN(C(=S)NC(=O)C1CCCCC1)c1ccccc1F. The van der Waals surface area contributed by atoms with Crippen LogP contribution in [0.25, 0.3) is 0 Å². The molecule has 0 heterocycles. The summed E-state index contributed by atoms with van der Waals surface area (Å²) in [5, 5.41) is 11.7. The molecule has 23 heavy (non-hydrogen) atoms. The maximum Gasteiger partial charge on any atom is 0.229 e. The van der Waals surface area contributed by atoms with Gasteiger partial charge >= 0.3 is 0 Å². The van der Waals surface area contributed by atoms with E-state index in [1.165, 1.54) is 11.0 Å². The Morgan fingerprint density at radius 3 is 2.70 bits per heavy atom. The van der Waals surface area contributed by atoms with Crippen LogP contribution in [0.1, 0.15) is 38.5 Å². The number of hydrogen-bond donors (Lipinski definition) is 1. The third kappa shape index (κ3) is 4.73. The van der Waals surface area contributed by atoms with Crippen molar-refractivity contribution < 1.29 is 9.18 Å². The van der Waals surface area contributed by atoms with Crippen LogP contribution in [0.15, 0.2) is 24.3 Å². The summed E-state index contributed by atoms with van der Waals surface area (Å²) in [4.78, 5) is 13.8. The highest BCUT2D eigenvalue weighted by Gasteiger charge is 2.24. The number of nitrogens with one attached hydrogen (secondary N) is 1. The van der Waals surface area contributed by atoms with Gasteiger partial charge in [0.1, 0.15) is 5.82 Å². The quantitative estimate of drug-likeness (QED) is 0.857. The molecule has 0 aliphatic heterocycles. The first kappa shape index (κ1) is 17.4. The Labute approximate surface area is 141 Å². The molecule has 1 aliphatic rings. The average Bonchev–Trinajstić information content (AvgIpc) is 2.57. The topological polar surface area (TPSA) is 56.1 Å². The van der Waals surface area contributed by atoms with Crippen LogP contribution in [0.5, 0.6) is 0 Å². The van der Waals surface area contributed by atoms with Crippen LogP contribution in [0.4, 0.5) is 10.1 Å². The Morgan fingerprint density at radius 2 is 2.04 bits per heavy atom. The molecule has 4 nitrogen and oxygen atoms in total. The smallest absolute Gasteiger partial charge is 0.229 e. The maximum absolute atomic E-state index is 14.0. The van der Waals surface area contributed by atoms with Crippen LogP contribution >= 0.6 is 12.2 Å². The Hall–Kier alpha value is -2.00. The summed E-state index contributed by atoms with van der Waals surface area (Å²) in [6.45, 7) is 0.237. The average molecular weight is 333 g/mol. The zero-order valence-corrected chi connectivity index (χ0v) is 13.7. The van der Waals surface area contributed by atoms with E-state index in [4.69, 9.17) is 17.5 Å². The molecule has 1 aliphatic carbocycles. The Balaban J connectivity index is 2.09. The van der Waals surface area contributed by atoms with Crippen LogP contribution in [-0.2, 0) is 4.79 Å². The molecule has 0 unspecified atom stereocenters. The zero-order valence-electron chi connectivity index (χ0n) is 12.9. The van der Waals surface area contributed by atoms with Gasteiger partial charge in [0.15, 0.2) is 5.11 Å². The second kappa shape index (κ2) is 8.59. The predicted octanol–water partition coefficient (Wildman–Crippen LogP) is 3.53. The number of carbonyl (C=O) groups is 1. The van der Waals surface area contributed by atoms with E-state index in [2.05, 4.69) is 5.32 Å². The summed E-state index contributed by atoms with van der Waals surface area (Å²) in [6, 6.07) is 8.23. The van der Waals surface area contributed by atoms with Gasteiger partial charge in [0.2, 0.25) is 5.91 Å². The van der Waals surface area contributed by atoms with E-state index in [0.29, 0.717) is 0 Å². The fourth-order valence-corrected chi connectivity index (χ4v) is 3.09. The number of rotatable bonds is 4. The van der Waals surface area contributed by atoms with Crippen molar-refractivity contribution in [1.82, 2.24) is 5.32 Å². The number of nitrogens with zero attached hydrogens (tertiary/aromatic N) is 2. The monoisotopic (exact) mass is 333 g/mol. The van der Waals surface area contributed by atoms with Crippen molar-refractivity contribution in [2.24, 2.45) is 5.92 Å². The molecule has 1 aromatic carbocycles. The molecule has 2 rings (SSSR count). The van der Waals surface area contributed by atoms with Gasteiger partial charge in [-0.3, -0.25) is 4.79 Å². The minimum atomic E-state index is -0.431. The van der Waals surface area contributed by atoms with Crippen molar-refractivity contribution in [2.75, 3.05) is 11.4 Å². The van der Waals surface area contributed by atoms with Crippen molar-refractivity contribution in [3.05, 3.63) is 30.1 Å².